The zero-order valence-electron chi connectivity index (χ0n) is 14.0. The Labute approximate surface area is 142 Å². The standard InChI is InChI=1S/C18H23N4O2/c1-2-22(13-15-4-5-16-17(12-15)24-14-23-16)10-8-21(9-11-22)18-19-6-3-7-20-18/h3-7,12H,2,8-11,13-14H2,1H3/q+1. The number of hydrogen-bond acceptors (Lipinski definition) is 5. The second-order valence-corrected chi connectivity index (χ2v) is 6.49. The molecule has 24 heavy (non-hydrogen) atoms. The third-order valence-corrected chi connectivity index (χ3v) is 5.15. The summed E-state index contributed by atoms with van der Waals surface area (Å²) in [4.78, 5) is 11.0. The zero-order valence-corrected chi connectivity index (χ0v) is 14.0. The van der Waals surface area contributed by atoms with Crippen LogP contribution in [0.2, 0.25) is 0 Å². The van der Waals surface area contributed by atoms with Gasteiger partial charge in [-0.05, 0) is 31.2 Å². The molecule has 2 aliphatic heterocycles. The van der Waals surface area contributed by atoms with Crippen molar-refractivity contribution in [2.75, 3.05) is 44.4 Å². The van der Waals surface area contributed by atoms with Crippen LogP contribution in [-0.2, 0) is 6.54 Å². The number of quaternary nitrogens is 1. The van der Waals surface area contributed by atoms with Gasteiger partial charge in [-0.15, -0.1) is 0 Å². The van der Waals surface area contributed by atoms with Gasteiger partial charge in [0.2, 0.25) is 12.7 Å². The van der Waals surface area contributed by atoms with Crippen LogP contribution in [-0.4, -0.2) is 54.0 Å². The number of fused-ring (bicyclic) bond motifs is 1. The van der Waals surface area contributed by atoms with Crippen molar-refractivity contribution in [1.82, 2.24) is 9.97 Å². The van der Waals surface area contributed by atoms with E-state index in [0.29, 0.717) is 6.79 Å². The first-order chi connectivity index (χ1) is 11.8. The number of anilines is 1. The van der Waals surface area contributed by atoms with Crippen LogP contribution in [0.15, 0.2) is 36.7 Å². The second kappa shape index (κ2) is 6.28. The van der Waals surface area contributed by atoms with Crippen molar-refractivity contribution in [3.63, 3.8) is 0 Å². The molecule has 0 spiro atoms. The number of rotatable bonds is 4. The minimum atomic E-state index is 0.332. The SMILES string of the molecule is CC[N+]1(Cc2ccc3c(c2)OCO3)CCN(c2ncccn2)CC1. The lowest BCUT2D eigenvalue weighted by molar-refractivity contribution is -0.939. The summed E-state index contributed by atoms with van der Waals surface area (Å²) in [5.41, 5.74) is 1.31. The van der Waals surface area contributed by atoms with Crippen molar-refractivity contribution in [3.8, 4) is 11.5 Å². The van der Waals surface area contributed by atoms with E-state index in [-0.39, 0.29) is 0 Å². The molecule has 1 saturated heterocycles. The Kier molecular flexibility index (Phi) is 3.98. The molecular formula is C18H23N4O2+. The molecule has 2 aliphatic rings. The van der Waals surface area contributed by atoms with Crippen LogP contribution in [0.5, 0.6) is 11.5 Å². The number of aromatic nitrogens is 2. The van der Waals surface area contributed by atoms with Gasteiger partial charge in [0, 0.05) is 18.0 Å². The van der Waals surface area contributed by atoms with Gasteiger partial charge in [-0.1, -0.05) is 0 Å². The molecule has 0 saturated carbocycles. The number of piperazine rings is 1. The van der Waals surface area contributed by atoms with Gasteiger partial charge in [-0.2, -0.15) is 0 Å². The predicted molar refractivity (Wildman–Crippen MR) is 91.0 cm³/mol. The Hall–Kier alpha value is -2.34. The maximum atomic E-state index is 5.52. The summed E-state index contributed by atoms with van der Waals surface area (Å²) in [6.45, 7) is 8.94. The van der Waals surface area contributed by atoms with Crippen LogP contribution in [0.1, 0.15) is 12.5 Å². The monoisotopic (exact) mass is 327 g/mol. The highest BCUT2D eigenvalue weighted by atomic mass is 16.7. The van der Waals surface area contributed by atoms with E-state index in [1.165, 1.54) is 5.56 Å². The van der Waals surface area contributed by atoms with E-state index in [1.54, 1.807) is 0 Å². The van der Waals surface area contributed by atoms with Crippen LogP contribution in [0.4, 0.5) is 5.95 Å². The molecule has 0 amide bonds. The Morgan fingerprint density at radius 3 is 2.58 bits per heavy atom. The molecule has 1 aromatic carbocycles. The average Bonchev–Trinajstić information content (AvgIpc) is 3.11. The van der Waals surface area contributed by atoms with E-state index in [4.69, 9.17) is 9.47 Å². The molecule has 0 bridgehead atoms. The first kappa shape index (κ1) is 15.2. The van der Waals surface area contributed by atoms with Crippen molar-refractivity contribution in [3.05, 3.63) is 42.2 Å². The highest BCUT2D eigenvalue weighted by molar-refractivity contribution is 5.44. The van der Waals surface area contributed by atoms with Crippen molar-refractivity contribution >= 4 is 5.95 Å². The van der Waals surface area contributed by atoms with Gasteiger partial charge in [-0.25, -0.2) is 9.97 Å². The topological polar surface area (TPSA) is 47.5 Å². The molecule has 1 aromatic heterocycles. The zero-order chi connectivity index (χ0) is 16.4. The van der Waals surface area contributed by atoms with Crippen molar-refractivity contribution in [2.24, 2.45) is 0 Å². The van der Waals surface area contributed by atoms with Gasteiger partial charge in [0.05, 0.1) is 32.7 Å². The molecule has 3 heterocycles. The Bertz CT molecular complexity index is 699. The highest BCUT2D eigenvalue weighted by Crippen LogP contribution is 2.33. The van der Waals surface area contributed by atoms with Crippen molar-refractivity contribution in [2.45, 2.75) is 13.5 Å². The molecule has 6 heteroatoms. The summed E-state index contributed by atoms with van der Waals surface area (Å²) in [5.74, 6) is 2.57. The molecule has 126 valence electrons. The summed E-state index contributed by atoms with van der Waals surface area (Å²) in [7, 11) is 0. The average molecular weight is 327 g/mol. The van der Waals surface area contributed by atoms with Gasteiger partial charge in [-0.3, -0.25) is 0 Å². The Morgan fingerprint density at radius 2 is 1.83 bits per heavy atom. The van der Waals surface area contributed by atoms with Crippen LogP contribution in [0.25, 0.3) is 0 Å². The van der Waals surface area contributed by atoms with Gasteiger partial charge >= 0.3 is 0 Å². The molecule has 0 aliphatic carbocycles. The lowest BCUT2D eigenvalue weighted by Crippen LogP contribution is -2.59. The smallest absolute Gasteiger partial charge is 0.231 e. The normalized spacial score (nSPS) is 18.6. The third kappa shape index (κ3) is 2.89. The summed E-state index contributed by atoms with van der Waals surface area (Å²) < 4.78 is 12.0. The van der Waals surface area contributed by atoms with Crippen LogP contribution >= 0.6 is 0 Å². The van der Waals surface area contributed by atoms with Crippen LogP contribution in [0, 0.1) is 0 Å². The highest BCUT2D eigenvalue weighted by Gasteiger charge is 2.32. The number of ether oxygens (including phenoxy) is 2. The van der Waals surface area contributed by atoms with E-state index in [9.17, 15) is 0 Å². The Morgan fingerprint density at radius 1 is 1.08 bits per heavy atom. The number of benzene rings is 1. The van der Waals surface area contributed by atoms with E-state index >= 15 is 0 Å². The maximum absolute atomic E-state index is 5.52. The molecule has 0 radical (unpaired) electrons. The quantitative estimate of drug-likeness (QED) is 0.805. The van der Waals surface area contributed by atoms with E-state index in [0.717, 1.165) is 61.2 Å². The lowest BCUT2D eigenvalue weighted by Gasteiger charge is -2.44. The Balaban J connectivity index is 1.46. The molecule has 4 rings (SSSR count). The molecular weight excluding hydrogens is 304 g/mol. The molecule has 0 unspecified atom stereocenters. The summed E-state index contributed by atoms with van der Waals surface area (Å²) in [6, 6.07) is 8.18. The number of hydrogen-bond donors (Lipinski definition) is 0. The number of nitrogens with zero attached hydrogens (tertiary/aromatic N) is 4. The van der Waals surface area contributed by atoms with Gasteiger partial charge in [0.1, 0.15) is 6.54 Å². The van der Waals surface area contributed by atoms with Crippen molar-refractivity contribution in [1.29, 1.82) is 0 Å². The largest absolute Gasteiger partial charge is 0.454 e. The first-order valence-corrected chi connectivity index (χ1v) is 8.54. The third-order valence-electron chi connectivity index (χ3n) is 5.15. The summed E-state index contributed by atoms with van der Waals surface area (Å²) >= 11 is 0. The molecule has 0 N–H and O–H groups in total. The molecule has 0 atom stereocenters. The predicted octanol–water partition coefficient (Wildman–Crippen LogP) is 2.06. The fourth-order valence-electron chi connectivity index (χ4n) is 3.56. The van der Waals surface area contributed by atoms with Crippen molar-refractivity contribution < 1.29 is 14.0 Å². The minimum absolute atomic E-state index is 0.332. The lowest BCUT2D eigenvalue weighted by atomic mass is 10.1. The van der Waals surface area contributed by atoms with E-state index in [2.05, 4.69) is 33.9 Å². The summed E-state index contributed by atoms with van der Waals surface area (Å²) in [5, 5.41) is 0. The number of likely N-dealkylation sites (N-methyl/N-ethyl adjacent to an activating group) is 1. The maximum Gasteiger partial charge on any atom is 0.231 e. The fraction of sp³-hybridized carbons (Fsp3) is 0.444. The molecule has 1 fully saturated rings. The van der Waals surface area contributed by atoms with E-state index in [1.807, 2.05) is 24.5 Å². The minimum Gasteiger partial charge on any atom is -0.454 e. The van der Waals surface area contributed by atoms with E-state index < -0.39 is 0 Å². The first-order valence-electron chi connectivity index (χ1n) is 8.54. The molecule has 2 aromatic rings. The van der Waals surface area contributed by atoms with Gasteiger partial charge in [0.15, 0.2) is 11.5 Å². The van der Waals surface area contributed by atoms with Gasteiger partial charge < -0.3 is 18.9 Å². The van der Waals surface area contributed by atoms with Gasteiger partial charge in [0.25, 0.3) is 0 Å². The van der Waals surface area contributed by atoms with Crippen LogP contribution < -0.4 is 14.4 Å². The fourth-order valence-corrected chi connectivity index (χ4v) is 3.56. The van der Waals surface area contributed by atoms with Crippen LogP contribution in [0.3, 0.4) is 0 Å². The second-order valence-electron chi connectivity index (χ2n) is 6.49. The summed E-state index contributed by atoms with van der Waals surface area (Å²) in [6.07, 6.45) is 3.62. The molecule has 6 nitrogen and oxygen atoms in total.